The molecule has 0 bridgehead atoms. The van der Waals surface area contributed by atoms with Crippen LogP contribution < -0.4 is 0 Å². The molecule has 62 heavy (non-hydrogen) atoms. The van der Waals surface area contributed by atoms with Crippen LogP contribution >= 0.6 is 0 Å². The van der Waals surface area contributed by atoms with Crippen LogP contribution in [0.2, 0.25) is 0 Å². The van der Waals surface area contributed by atoms with Gasteiger partial charge in [0.2, 0.25) is 0 Å². The third-order valence-electron chi connectivity index (χ3n) is 9.62. The lowest BCUT2D eigenvalue weighted by molar-refractivity contribution is -0.167. The van der Waals surface area contributed by atoms with Gasteiger partial charge in [-0.1, -0.05) is 219 Å². The highest BCUT2D eigenvalue weighted by Gasteiger charge is 2.19. The largest absolute Gasteiger partial charge is 0.462 e. The van der Waals surface area contributed by atoms with Gasteiger partial charge in [-0.25, -0.2) is 0 Å². The molecule has 6 heteroatoms. The van der Waals surface area contributed by atoms with Crippen LogP contribution in [-0.4, -0.2) is 37.2 Å². The average molecular weight is 855 g/mol. The molecule has 0 N–H and O–H groups in total. The molecule has 1 unspecified atom stereocenters. The summed E-state index contributed by atoms with van der Waals surface area (Å²) in [5, 5.41) is 0. The second-order valence-electron chi connectivity index (χ2n) is 15.5. The molecule has 0 saturated heterocycles. The maximum absolute atomic E-state index is 12.7. The van der Waals surface area contributed by atoms with Crippen LogP contribution in [0.5, 0.6) is 0 Å². The predicted octanol–water partition coefficient (Wildman–Crippen LogP) is 15.9. The molecule has 6 nitrogen and oxygen atoms in total. The van der Waals surface area contributed by atoms with Gasteiger partial charge in [-0.15, -0.1) is 0 Å². The Morgan fingerprint density at radius 2 is 0.645 bits per heavy atom. The zero-order valence-corrected chi connectivity index (χ0v) is 39.3. The summed E-state index contributed by atoms with van der Waals surface area (Å²) < 4.78 is 16.6. The van der Waals surface area contributed by atoms with Gasteiger partial charge in [-0.3, -0.25) is 14.4 Å². The van der Waals surface area contributed by atoms with Crippen molar-refractivity contribution < 1.29 is 28.6 Å². The summed E-state index contributed by atoms with van der Waals surface area (Å²) in [6.07, 6.45) is 68.7. The Hall–Kier alpha value is -4.45. The highest BCUT2D eigenvalue weighted by molar-refractivity contribution is 5.71. The number of unbranched alkanes of at least 4 members (excludes halogenated alkanes) is 16. The molecule has 0 aliphatic carbocycles. The first-order valence-corrected chi connectivity index (χ1v) is 24.3. The first-order valence-electron chi connectivity index (χ1n) is 24.3. The smallest absolute Gasteiger partial charge is 0.306 e. The molecule has 0 aromatic rings. The van der Waals surface area contributed by atoms with E-state index in [1.54, 1.807) is 0 Å². The minimum atomic E-state index is -0.836. The van der Waals surface area contributed by atoms with Gasteiger partial charge in [0.15, 0.2) is 6.10 Å². The van der Waals surface area contributed by atoms with Crippen molar-refractivity contribution in [3.8, 4) is 0 Å². The van der Waals surface area contributed by atoms with E-state index < -0.39 is 12.1 Å². The number of hydrogen-bond donors (Lipinski definition) is 0. The summed E-state index contributed by atoms with van der Waals surface area (Å²) in [6.45, 7) is 6.21. The lowest BCUT2D eigenvalue weighted by Crippen LogP contribution is -2.30. The molecule has 0 fully saturated rings. The molecule has 0 heterocycles. The molecule has 0 amide bonds. The van der Waals surface area contributed by atoms with Crippen molar-refractivity contribution in [2.45, 2.75) is 187 Å². The number of allylic oxidation sites excluding steroid dienone is 22. The highest BCUT2D eigenvalue weighted by atomic mass is 16.6. The van der Waals surface area contributed by atoms with Crippen molar-refractivity contribution in [2.75, 3.05) is 13.2 Å². The zero-order chi connectivity index (χ0) is 45.1. The lowest BCUT2D eigenvalue weighted by atomic mass is 10.1. The van der Waals surface area contributed by atoms with E-state index in [4.69, 9.17) is 14.2 Å². The van der Waals surface area contributed by atoms with E-state index in [1.165, 1.54) is 32.1 Å². The zero-order valence-electron chi connectivity index (χ0n) is 39.3. The van der Waals surface area contributed by atoms with E-state index in [2.05, 4.69) is 93.7 Å². The van der Waals surface area contributed by atoms with Gasteiger partial charge in [-0.05, 0) is 77.0 Å². The van der Waals surface area contributed by atoms with Crippen molar-refractivity contribution in [3.63, 3.8) is 0 Å². The van der Waals surface area contributed by atoms with Crippen molar-refractivity contribution >= 4 is 17.9 Å². The summed E-state index contributed by atoms with van der Waals surface area (Å²) in [4.78, 5) is 37.9. The Balaban J connectivity index is 4.57. The fraction of sp³-hybridized carbons (Fsp3) is 0.554. The Morgan fingerprint density at radius 1 is 0.339 bits per heavy atom. The average Bonchev–Trinajstić information content (AvgIpc) is 3.27. The van der Waals surface area contributed by atoms with Crippen molar-refractivity contribution in [1.82, 2.24) is 0 Å². The first-order chi connectivity index (χ1) is 30.5. The number of carbonyl (C=O) groups is 3. The standard InChI is InChI=1S/C56H86O6/c1-4-7-10-13-16-19-22-25-26-27-28-29-32-34-37-40-43-46-49-55(58)61-52-53(62-56(59)50-47-44-41-38-35-31-24-21-18-15-12-9-6-3)51-60-54(57)48-45-42-39-36-33-30-23-20-17-14-11-8-5-2/h8-9,11-12,14-15,17-18,20-29,31,35,38,41,53H,4-7,10,13,16,19,30,32-34,36-37,39-40,42-52H2,1-3H3/b11-8+,12-9+,17-14+,18-15+,23-20+,24-21+,25-22+,27-26+,29-28+,35-31+,41-38+. The van der Waals surface area contributed by atoms with E-state index in [-0.39, 0.29) is 31.6 Å². The van der Waals surface area contributed by atoms with Crippen molar-refractivity contribution in [2.24, 2.45) is 0 Å². The van der Waals surface area contributed by atoms with E-state index >= 15 is 0 Å². The van der Waals surface area contributed by atoms with E-state index in [9.17, 15) is 14.4 Å². The van der Waals surface area contributed by atoms with E-state index in [0.717, 1.165) is 103 Å². The van der Waals surface area contributed by atoms with Crippen LogP contribution in [0.15, 0.2) is 134 Å². The van der Waals surface area contributed by atoms with Gasteiger partial charge >= 0.3 is 17.9 Å². The molecule has 0 aromatic carbocycles. The number of esters is 3. The second kappa shape index (κ2) is 49.2. The van der Waals surface area contributed by atoms with Gasteiger partial charge in [-0.2, -0.15) is 0 Å². The second-order valence-corrected chi connectivity index (χ2v) is 15.5. The lowest BCUT2D eigenvalue weighted by Gasteiger charge is -2.18. The maximum Gasteiger partial charge on any atom is 0.306 e. The molecular formula is C56H86O6. The van der Waals surface area contributed by atoms with Crippen LogP contribution in [0.1, 0.15) is 181 Å². The maximum atomic E-state index is 12.7. The van der Waals surface area contributed by atoms with Crippen LogP contribution in [-0.2, 0) is 28.6 Å². The predicted molar refractivity (Wildman–Crippen MR) is 265 cm³/mol. The molecule has 0 aliphatic heterocycles. The van der Waals surface area contributed by atoms with Gasteiger partial charge in [0, 0.05) is 19.3 Å². The van der Waals surface area contributed by atoms with Crippen LogP contribution in [0.4, 0.5) is 0 Å². The highest BCUT2D eigenvalue weighted by Crippen LogP contribution is 2.12. The molecule has 0 rings (SSSR count). The third kappa shape index (κ3) is 46.6. The molecule has 0 spiro atoms. The first kappa shape index (κ1) is 57.5. The van der Waals surface area contributed by atoms with Gasteiger partial charge in [0.05, 0.1) is 0 Å². The van der Waals surface area contributed by atoms with Crippen LogP contribution in [0, 0.1) is 0 Å². The molecular weight excluding hydrogens is 769 g/mol. The topological polar surface area (TPSA) is 78.9 Å². The molecule has 0 aromatic heterocycles. The number of carbonyl (C=O) groups excluding carboxylic acids is 3. The van der Waals surface area contributed by atoms with Crippen molar-refractivity contribution in [3.05, 3.63) is 134 Å². The Bertz CT molecular complexity index is 1400. The molecule has 1 atom stereocenters. The summed E-state index contributed by atoms with van der Waals surface area (Å²) in [5.41, 5.74) is 0. The molecule has 346 valence electrons. The Kier molecular flexibility index (Phi) is 45.7. The molecule has 0 saturated carbocycles. The van der Waals surface area contributed by atoms with E-state index in [1.807, 2.05) is 60.8 Å². The fourth-order valence-corrected chi connectivity index (χ4v) is 6.00. The van der Waals surface area contributed by atoms with Crippen LogP contribution in [0.3, 0.4) is 0 Å². The SMILES string of the molecule is CC/C=C/C=C/C=C/C=C/C=C/CCCC(=O)OC(COC(=O)CCCCCCC/C=C/C=C/C=C/CC)COC(=O)CCCCCCC/C=C/C=C/C=C/CCCCCCC. The monoisotopic (exact) mass is 855 g/mol. The molecule has 0 aliphatic rings. The van der Waals surface area contributed by atoms with Crippen molar-refractivity contribution in [1.29, 1.82) is 0 Å². The summed E-state index contributed by atoms with van der Waals surface area (Å²) >= 11 is 0. The van der Waals surface area contributed by atoms with E-state index in [0.29, 0.717) is 19.3 Å². The summed E-state index contributed by atoms with van der Waals surface area (Å²) in [5.74, 6) is -1.06. The van der Waals surface area contributed by atoms with Gasteiger partial charge < -0.3 is 14.2 Å². The minimum Gasteiger partial charge on any atom is -0.462 e. The minimum absolute atomic E-state index is 0.130. The summed E-state index contributed by atoms with van der Waals surface area (Å²) in [7, 11) is 0. The quantitative estimate of drug-likeness (QED) is 0.0264. The number of rotatable bonds is 41. The van der Waals surface area contributed by atoms with Gasteiger partial charge in [0.25, 0.3) is 0 Å². The fourth-order valence-electron chi connectivity index (χ4n) is 6.00. The Morgan fingerprint density at radius 3 is 1.03 bits per heavy atom. The number of hydrogen-bond acceptors (Lipinski definition) is 6. The van der Waals surface area contributed by atoms with Crippen LogP contribution in [0.25, 0.3) is 0 Å². The molecule has 0 radical (unpaired) electrons. The van der Waals surface area contributed by atoms with Gasteiger partial charge in [0.1, 0.15) is 13.2 Å². The number of ether oxygens (including phenoxy) is 3. The normalized spacial score (nSPS) is 13.3. The summed E-state index contributed by atoms with van der Waals surface area (Å²) in [6, 6.07) is 0. The Labute approximate surface area is 379 Å². The third-order valence-corrected chi connectivity index (χ3v) is 9.62.